The lowest BCUT2D eigenvalue weighted by Gasteiger charge is -2.09. The van der Waals surface area contributed by atoms with Crippen LogP contribution < -0.4 is 10.5 Å². The molecule has 0 unspecified atom stereocenters. The van der Waals surface area contributed by atoms with Crippen molar-refractivity contribution in [1.82, 2.24) is 0 Å². The molecule has 2 nitrogen and oxygen atoms in total. The fraction of sp³-hybridized carbons (Fsp3) is 0.455. The second kappa shape index (κ2) is 4.14. The van der Waals surface area contributed by atoms with Crippen LogP contribution in [0.5, 0.6) is 5.75 Å². The van der Waals surface area contributed by atoms with Crippen LogP contribution in [0.4, 0.5) is 8.78 Å². The van der Waals surface area contributed by atoms with Crippen LogP contribution in [-0.2, 0) is 6.54 Å². The first-order chi connectivity index (χ1) is 7.19. The van der Waals surface area contributed by atoms with Crippen molar-refractivity contribution >= 4 is 0 Å². The van der Waals surface area contributed by atoms with E-state index in [4.69, 9.17) is 5.73 Å². The first kappa shape index (κ1) is 10.4. The zero-order valence-electron chi connectivity index (χ0n) is 8.25. The van der Waals surface area contributed by atoms with Gasteiger partial charge < -0.3 is 10.5 Å². The van der Waals surface area contributed by atoms with E-state index in [0.29, 0.717) is 12.5 Å². The first-order valence-corrected chi connectivity index (χ1v) is 4.98. The maximum atomic E-state index is 12.1. The van der Waals surface area contributed by atoms with Gasteiger partial charge in [-0.1, -0.05) is 6.07 Å². The van der Waals surface area contributed by atoms with E-state index in [0.717, 1.165) is 24.0 Å². The van der Waals surface area contributed by atoms with E-state index in [1.54, 1.807) is 12.1 Å². The zero-order valence-corrected chi connectivity index (χ0v) is 8.25. The van der Waals surface area contributed by atoms with Crippen LogP contribution in [0.2, 0.25) is 0 Å². The van der Waals surface area contributed by atoms with E-state index in [1.807, 2.05) is 6.07 Å². The van der Waals surface area contributed by atoms with Crippen LogP contribution in [0, 0.1) is 0 Å². The second-order valence-corrected chi connectivity index (χ2v) is 3.77. The molecule has 15 heavy (non-hydrogen) atoms. The molecule has 0 spiro atoms. The van der Waals surface area contributed by atoms with Crippen molar-refractivity contribution in [1.29, 1.82) is 0 Å². The largest absolute Gasteiger partial charge is 0.435 e. The van der Waals surface area contributed by atoms with Crippen molar-refractivity contribution < 1.29 is 13.5 Å². The molecule has 2 rings (SSSR count). The van der Waals surface area contributed by atoms with Gasteiger partial charge in [0.2, 0.25) is 0 Å². The molecule has 0 amide bonds. The Morgan fingerprint density at radius 2 is 2.07 bits per heavy atom. The van der Waals surface area contributed by atoms with E-state index >= 15 is 0 Å². The van der Waals surface area contributed by atoms with Gasteiger partial charge in [0.05, 0.1) is 0 Å². The third-order valence-electron chi connectivity index (χ3n) is 2.50. The summed E-state index contributed by atoms with van der Waals surface area (Å²) >= 11 is 0. The molecule has 2 N–H and O–H groups in total. The predicted octanol–water partition coefficient (Wildman–Crippen LogP) is 2.62. The molecule has 0 radical (unpaired) electrons. The number of halogens is 2. The van der Waals surface area contributed by atoms with Gasteiger partial charge in [0.15, 0.2) is 0 Å². The maximum Gasteiger partial charge on any atom is 0.387 e. The molecule has 0 saturated heterocycles. The quantitative estimate of drug-likeness (QED) is 0.834. The maximum absolute atomic E-state index is 12.1. The molecule has 0 atom stereocenters. The molecule has 1 aromatic rings. The molecule has 1 aromatic carbocycles. The molecular formula is C11H13F2NO. The monoisotopic (exact) mass is 213 g/mol. The van der Waals surface area contributed by atoms with Gasteiger partial charge in [-0.2, -0.15) is 8.78 Å². The summed E-state index contributed by atoms with van der Waals surface area (Å²) in [6.07, 6.45) is 2.25. The Balaban J connectivity index is 2.24. The highest BCUT2D eigenvalue weighted by Gasteiger charge is 2.24. The van der Waals surface area contributed by atoms with E-state index < -0.39 is 6.61 Å². The van der Waals surface area contributed by atoms with E-state index in [9.17, 15) is 8.78 Å². The van der Waals surface area contributed by atoms with Gasteiger partial charge >= 0.3 is 6.61 Å². The Morgan fingerprint density at radius 1 is 1.33 bits per heavy atom. The van der Waals surface area contributed by atoms with Gasteiger partial charge in [0, 0.05) is 6.54 Å². The number of benzene rings is 1. The topological polar surface area (TPSA) is 35.2 Å². The molecule has 1 fully saturated rings. The van der Waals surface area contributed by atoms with Crippen molar-refractivity contribution in [3.05, 3.63) is 29.3 Å². The minimum absolute atomic E-state index is 0.217. The zero-order chi connectivity index (χ0) is 10.8. The highest BCUT2D eigenvalue weighted by molar-refractivity contribution is 5.38. The lowest BCUT2D eigenvalue weighted by molar-refractivity contribution is -0.0499. The summed E-state index contributed by atoms with van der Waals surface area (Å²) in [7, 11) is 0. The standard InChI is InChI=1S/C11H13F2NO/c12-11(13)15-10-4-7(6-14)3-9(5-10)8-1-2-8/h3-5,8,11H,1-2,6,14H2. The van der Waals surface area contributed by atoms with Crippen LogP contribution in [0.15, 0.2) is 18.2 Å². The molecule has 0 heterocycles. The fourth-order valence-corrected chi connectivity index (χ4v) is 1.63. The molecule has 1 aliphatic rings. The summed E-state index contributed by atoms with van der Waals surface area (Å²) in [6.45, 7) is -2.43. The Labute approximate surface area is 87.0 Å². The number of alkyl halides is 2. The Morgan fingerprint density at radius 3 is 2.60 bits per heavy atom. The first-order valence-electron chi connectivity index (χ1n) is 4.98. The minimum atomic E-state index is -2.77. The van der Waals surface area contributed by atoms with Crippen LogP contribution in [-0.4, -0.2) is 6.61 Å². The van der Waals surface area contributed by atoms with Gasteiger partial charge in [-0.15, -0.1) is 0 Å². The number of rotatable bonds is 4. The van der Waals surface area contributed by atoms with Gasteiger partial charge in [0.25, 0.3) is 0 Å². The highest BCUT2D eigenvalue weighted by Crippen LogP contribution is 2.41. The molecular weight excluding hydrogens is 200 g/mol. The van der Waals surface area contributed by atoms with Crippen molar-refractivity contribution in [3.63, 3.8) is 0 Å². The Bertz CT molecular complexity index is 350. The smallest absolute Gasteiger partial charge is 0.387 e. The van der Waals surface area contributed by atoms with Gasteiger partial charge in [-0.05, 0) is 42.0 Å². The summed E-state index contributed by atoms with van der Waals surface area (Å²) in [5, 5.41) is 0. The number of hydrogen-bond donors (Lipinski definition) is 1. The predicted molar refractivity (Wildman–Crippen MR) is 52.9 cm³/mol. The molecule has 82 valence electrons. The molecule has 0 bridgehead atoms. The van der Waals surface area contributed by atoms with Crippen LogP contribution in [0.3, 0.4) is 0 Å². The molecule has 1 saturated carbocycles. The van der Waals surface area contributed by atoms with Gasteiger partial charge in [0.1, 0.15) is 5.75 Å². The van der Waals surface area contributed by atoms with Crippen molar-refractivity contribution in [2.45, 2.75) is 31.9 Å². The number of ether oxygens (including phenoxy) is 1. The lowest BCUT2D eigenvalue weighted by atomic mass is 10.1. The van der Waals surface area contributed by atoms with Crippen molar-refractivity contribution in [3.8, 4) is 5.75 Å². The SMILES string of the molecule is NCc1cc(OC(F)F)cc(C2CC2)c1. The molecule has 0 aliphatic heterocycles. The normalized spacial score (nSPS) is 15.7. The minimum Gasteiger partial charge on any atom is -0.435 e. The van der Waals surface area contributed by atoms with Crippen LogP contribution in [0.25, 0.3) is 0 Å². The molecule has 4 heteroatoms. The van der Waals surface area contributed by atoms with E-state index in [2.05, 4.69) is 4.74 Å². The summed E-state index contributed by atoms with van der Waals surface area (Å²) in [6, 6.07) is 5.22. The molecule has 0 aromatic heterocycles. The van der Waals surface area contributed by atoms with E-state index in [1.165, 1.54) is 0 Å². The second-order valence-electron chi connectivity index (χ2n) is 3.77. The number of nitrogens with two attached hydrogens (primary N) is 1. The van der Waals surface area contributed by atoms with Crippen molar-refractivity contribution in [2.75, 3.05) is 0 Å². The van der Waals surface area contributed by atoms with Gasteiger partial charge in [-0.25, -0.2) is 0 Å². The Kier molecular flexibility index (Phi) is 2.86. The summed E-state index contributed by atoms with van der Waals surface area (Å²) in [5.74, 6) is 0.728. The summed E-state index contributed by atoms with van der Waals surface area (Å²) < 4.78 is 28.5. The average molecular weight is 213 g/mol. The number of hydrogen-bond acceptors (Lipinski definition) is 2. The Hall–Kier alpha value is -1.16. The third-order valence-corrected chi connectivity index (χ3v) is 2.50. The lowest BCUT2D eigenvalue weighted by Crippen LogP contribution is -2.04. The average Bonchev–Trinajstić information content (AvgIpc) is 2.99. The third kappa shape index (κ3) is 2.65. The van der Waals surface area contributed by atoms with Crippen LogP contribution in [0.1, 0.15) is 29.9 Å². The summed E-state index contributed by atoms with van der Waals surface area (Å²) in [4.78, 5) is 0. The fourth-order valence-electron chi connectivity index (χ4n) is 1.63. The van der Waals surface area contributed by atoms with Gasteiger partial charge in [-0.3, -0.25) is 0 Å². The molecule has 1 aliphatic carbocycles. The summed E-state index contributed by atoms with van der Waals surface area (Å²) in [5.41, 5.74) is 7.40. The van der Waals surface area contributed by atoms with Crippen molar-refractivity contribution in [2.24, 2.45) is 5.73 Å². The van der Waals surface area contributed by atoms with Crippen LogP contribution >= 0.6 is 0 Å². The van der Waals surface area contributed by atoms with E-state index in [-0.39, 0.29) is 5.75 Å². The highest BCUT2D eigenvalue weighted by atomic mass is 19.3.